The fraction of sp³-hybridized carbons (Fsp3) is 0. The van der Waals surface area contributed by atoms with E-state index in [1.165, 1.54) is 0 Å². The zero-order valence-corrected chi connectivity index (χ0v) is 10.3. The van der Waals surface area contributed by atoms with Crippen LogP contribution in [0.2, 0.25) is 0 Å². The van der Waals surface area contributed by atoms with Gasteiger partial charge in [-0.2, -0.15) is 0 Å². The van der Waals surface area contributed by atoms with Crippen molar-refractivity contribution in [2.45, 2.75) is 0 Å². The average molecular weight is 405 g/mol. The maximum Gasteiger partial charge on any atom is 3.00 e. The fourth-order valence-corrected chi connectivity index (χ4v) is 0. The van der Waals surface area contributed by atoms with Crippen LogP contribution in [0.5, 0.6) is 0 Å². The van der Waals surface area contributed by atoms with Gasteiger partial charge < -0.3 is 13.7 Å². The predicted molar refractivity (Wildman–Crippen MR) is 32.4 cm³/mol. The third kappa shape index (κ3) is 37000. The van der Waals surface area contributed by atoms with Gasteiger partial charge in [-0.1, -0.05) is 0 Å². The van der Waals surface area contributed by atoms with Crippen molar-refractivity contribution in [3.8, 4) is 0 Å². The predicted octanol–water partition coefficient (Wildman–Crippen LogP) is -1.75. The molecule has 0 aliphatic rings. The molecule has 0 bridgehead atoms. The first kappa shape index (κ1) is 25.2. The second-order valence-electron chi connectivity index (χ2n) is 1.18. The summed E-state index contributed by atoms with van der Waals surface area (Å²) in [5, 5.41) is 0. The van der Waals surface area contributed by atoms with Gasteiger partial charge in [0.05, 0.1) is 0 Å². The van der Waals surface area contributed by atoms with Gasteiger partial charge in [0.1, 0.15) is 0 Å². The van der Waals surface area contributed by atoms with Crippen molar-refractivity contribution < 1.29 is 72.9 Å². The van der Waals surface area contributed by atoms with Crippen molar-refractivity contribution in [3.05, 3.63) is 0 Å². The molecule has 0 aliphatic heterocycles. The normalized spacial score (nSPS) is 10.9. The van der Waals surface area contributed by atoms with E-state index < -0.39 is 31.5 Å². The summed E-state index contributed by atoms with van der Waals surface area (Å²) in [6.45, 7) is 0. The molecular formula is AgF3O9S3. The molecule has 16 heavy (non-hydrogen) atoms. The second kappa shape index (κ2) is 9.31. The number of rotatable bonds is 0. The van der Waals surface area contributed by atoms with Crippen LogP contribution in [-0.2, 0) is 53.9 Å². The third-order valence-corrected chi connectivity index (χ3v) is 0. The van der Waals surface area contributed by atoms with Crippen LogP contribution in [-0.4, -0.2) is 38.9 Å². The molecule has 0 heterocycles. The van der Waals surface area contributed by atoms with Crippen LogP contribution in [0.25, 0.3) is 0 Å². The SMILES string of the molecule is O=S(=O)([O-])F.O=S(=O)([O-])F.O=S(=O)([O-])F.[Ag+3]. The van der Waals surface area contributed by atoms with Gasteiger partial charge in [0.15, 0.2) is 0 Å². The van der Waals surface area contributed by atoms with Crippen LogP contribution < -0.4 is 0 Å². The fourth-order valence-electron chi connectivity index (χ4n) is 0. The van der Waals surface area contributed by atoms with Crippen LogP contribution in [0, 0.1) is 0 Å². The van der Waals surface area contributed by atoms with Crippen molar-refractivity contribution in [1.29, 1.82) is 0 Å². The van der Waals surface area contributed by atoms with Gasteiger partial charge in [-0.25, -0.2) is 25.3 Å². The molecule has 0 aromatic rings. The van der Waals surface area contributed by atoms with Gasteiger partial charge >= 0.3 is 22.4 Å². The molecule has 0 atom stereocenters. The van der Waals surface area contributed by atoms with Crippen LogP contribution in [0.4, 0.5) is 11.7 Å². The number of hydrogen-bond donors (Lipinski definition) is 0. The Balaban J connectivity index is -0.0000000655. The number of hydrogen-bond acceptors (Lipinski definition) is 9. The molecule has 0 saturated heterocycles. The van der Waals surface area contributed by atoms with E-state index in [2.05, 4.69) is 0 Å². The Bertz CT molecular complexity index is 347. The molecule has 0 fully saturated rings. The molecular weight excluding hydrogens is 405 g/mol. The van der Waals surface area contributed by atoms with E-state index in [-0.39, 0.29) is 22.4 Å². The van der Waals surface area contributed by atoms with Crippen molar-refractivity contribution in [1.82, 2.24) is 0 Å². The van der Waals surface area contributed by atoms with Gasteiger partial charge in [-0.05, 0) is 0 Å². The Morgan fingerprint density at radius 3 is 0.562 bits per heavy atom. The molecule has 0 aromatic carbocycles. The first-order valence-electron chi connectivity index (χ1n) is 1.96. The molecule has 0 amide bonds. The van der Waals surface area contributed by atoms with E-state index in [1.807, 2.05) is 0 Å². The van der Waals surface area contributed by atoms with Gasteiger partial charge in [0.25, 0.3) is 31.5 Å². The van der Waals surface area contributed by atoms with Gasteiger partial charge in [0, 0.05) is 0 Å². The Morgan fingerprint density at radius 1 is 0.562 bits per heavy atom. The molecule has 0 radical (unpaired) electrons. The second-order valence-corrected chi connectivity index (χ2v) is 3.54. The monoisotopic (exact) mass is 404 g/mol. The zero-order valence-electron chi connectivity index (χ0n) is 6.33. The molecule has 0 spiro atoms. The Kier molecular flexibility index (Phi) is 14.7. The molecule has 0 aliphatic carbocycles. The molecule has 0 rings (SSSR count). The summed E-state index contributed by atoms with van der Waals surface area (Å²) in [7, 11) is -16.2. The van der Waals surface area contributed by atoms with Crippen LogP contribution >= 0.6 is 0 Å². The van der Waals surface area contributed by atoms with E-state index in [0.717, 1.165) is 0 Å². The molecule has 0 N–H and O–H groups in total. The van der Waals surface area contributed by atoms with Gasteiger partial charge in [-0.15, -0.1) is 11.7 Å². The summed E-state index contributed by atoms with van der Waals surface area (Å²) in [6.07, 6.45) is 0. The van der Waals surface area contributed by atoms with Crippen molar-refractivity contribution in [2.24, 2.45) is 0 Å². The first-order valence-corrected chi connectivity index (χ1v) is 5.89. The van der Waals surface area contributed by atoms with Gasteiger partial charge in [-0.3, -0.25) is 0 Å². The molecule has 0 unspecified atom stereocenters. The summed E-state index contributed by atoms with van der Waals surface area (Å²) in [5.74, 6) is 0. The minimum Gasteiger partial charge on any atom is -0.722 e. The van der Waals surface area contributed by atoms with Crippen LogP contribution in [0.1, 0.15) is 0 Å². The topological polar surface area (TPSA) is 172 Å². The van der Waals surface area contributed by atoms with E-state index >= 15 is 0 Å². The van der Waals surface area contributed by atoms with Crippen molar-refractivity contribution in [3.63, 3.8) is 0 Å². The summed E-state index contributed by atoms with van der Waals surface area (Å²) in [4.78, 5) is 0. The Labute approximate surface area is 104 Å². The number of halogens is 3. The van der Waals surface area contributed by atoms with E-state index in [1.54, 1.807) is 0 Å². The molecule has 104 valence electrons. The van der Waals surface area contributed by atoms with E-state index in [4.69, 9.17) is 38.9 Å². The van der Waals surface area contributed by atoms with Crippen LogP contribution in [0.3, 0.4) is 0 Å². The summed E-state index contributed by atoms with van der Waals surface area (Å²) in [6, 6.07) is 0. The summed E-state index contributed by atoms with van der Waals surface area (Å²) >= 11 is 0. The van der Waals surface area contributed by atoms with Crippen molar-refractivity contribution >= 4 is 31.5 Å². The maximum absolute atomic E-state index is 10.1. The quantitative estimate of drug-likeness (QED) is 0.257. The van der Waals surface area contributed by atoms with E-state index in [9.17, 15) is 11.7 Å². The Hall–Kier alpha value is 0.260. The molecule has 9 nitrogen and oxygen atoms in total. The van der Waals surface area contributed by atoms with E-state index in [0.29, 0.717) is 0 Å². The standard InChI is InChI=1S/Ag.3FHO3S/c;3*1-5(2,3)4/h;3*(H,2,3,4)/q+3;;;/p-3. The largest absolute Gasteiger partial charge is 3.00 e. The summed E-state index contributed by atoms with van der Waals surface area (Å²) < 4.78 is 106. The summed E-state index contributed by atoms with van der Waals surface area (Å²) in [5.41, 5.74) is 0. The minimum atomic E-state index is -5.42. The van der Waals surface area contributed by atoms with Gasteiger partial charge in [0.2, 0.25) is 0 Å². The maximum atomic E-state index is 10.1. The average Bonchev–Trinajstić information content (AvgIpc) is 1.41. The smallest absolute Gasteiger partial charge is 0.722 e. The van der Waals surface area contributed by atoms with Crippen LogP contribution in [0.15, 0.2) is 0 Å². The molecule has 16 heteroatoms. The van der Waals surface area contributed by atoms with Crippen molar-refractivity contribution in [2.75, 3.05) is 0 Å². The molecule has 0 saturated carbocycles. The Morgan fingerprint density at radius 2 is 0.562 bits per heavy atom. The molecule has 0 aromatic heterocycles. The zero-order chi connectivity index (χ0) is 13.5. The third-order valence-electron chi connectivity index (χ3n) is 0. The minimum absolute atomic E-state index is 0. The first-order chi connectivity index (χ1) is 6.00.